The largest absolute Gasteiger partial charge is 0.338 e. The fourth-order valence-electron chi connectivity index (χ4n) is 1.97. The van der Waals surface area contributed by atoms with Crippen LogP contribution in [0.3, 0.4) is 0 Å². The van der Waals surface area contributed by atoms with E-state index in [1.54, 1.807) is 6.07 Å². The molecule has 0 unspecified atom stereocenters. The predicted molar refractivity (Wildman–Crippen MR) is 65.3 cm³/mol. The maximum absolute atomic E-state index is 12.1. The second-order valence-electron chi connectivity index (χ2n) is 4.10. The van der Waals surface area contributed by atoms with Crippen LogP contribution in [-0.2, 0) is 0 Å². The zero-order chi connectivity index (χ0) is 12.3. The van der Waals surface area contributed by atoms with Crippen molar-refractivity contribution in [3.63, 3.8) is 0 Å². The maximum atomic E-state index is 12.1. The normalized spacial score (nSPS) is 16.6. The Labute approximate surface area is 103 Å². The van der Waals surface area contributed by atoms with Gasteiger partial charge in [-0.2, -0.15) is 0 Å². The van der Waals surface area contributed by atoms with Gasteiger partial charge in [0, 0.05) is 19.2 Å². The minimum atomic E-state index is -0.454. The van der Waals surface area contributed by atoms with E-state index in [1.807, 2.05) is 4.90 Å². The van der Waals surface area contributed by atoms with Gasteiger partial charge in [-0.15, -0.1) is 0 Å². The summed E-state index contributed by atoms with van der Waals surface area (Å²) in [7, 11) is 0. The van der Waals surface area contributed by atoms with Crippen molar-refractivity contribution in [3.05, 3.63) is 27.1 Å². The molecule has 17 heavy (non-hydrogen) atoms. The summed E-state index contributed by atoms with van der Waals surface area (Å²) in [6.07, 6.45) is 4.38. The Morgan fingerprint density at radius 3 is 2.41 bits per heavy atom. The molecule has 5 nitrogen and oxygen atoms in total. The third-order valence-electron chi connectivity index (χ3n) is 2.88. The molecule has 0 atom stereocenters. The van der Waals surface area contributed by atoms with E-state index < -0.39 is 4.92 Å². The highest BCUT2D eigenvalue weighted by molar-refractivity contribution is 7.17. The lowest BCUT2D eigenvalue weighted by atomic mass is 10.2. The smallest absolute Gasteiger partial charge is 0.324 e. The average Bonchev–Trinajstić information content (AvgIpc) is 2.65. The van der Waals surface area contributed by atoms with Crippen molar-refractivity contribution in [2.75, 3.05) is 13.1 Å². The number of nitro groups is 1. The number of nitrogens with zero attached hydrogens (tertiary/aromatic N) is 2. The quantitative estimate of drug-likeness (QED) is 0.602. The summed E-state index contributed by atoms with van der Waals surface area (Å²) in [6, 6.07) is 2.95. The molecule has 0 saturated carbocycles. The zero-order valence-electron chi connectivity index (χ0n) is 9.42. The molecule has 1 aliphatic rings. The second kappa shape index (κ2) is 5.27. The third kappa shape index (κ3) is 2.82. The van der Waals surface area contributed by atoms with Crippen LogP contribution in [0.15, 0.2) is 12.1 Å². The van der Waals surface area contributed by atoms with Crippen LogP contribution in [0.2, 0.25) is 0 Å². The van der Waals surface area contributed by atoms with E-state index in [4.69, 9.17) is 0 Å². The Hall–Kier alpha value is -1.43. The fraction of sp³-hybridized carbons (Fsp3) is 0.545. The molecule has 0 bridgehead atoms. The fourth-order valence-corrected chi connectivity index (χ4v) is 2.76. The standard InChI is InChI=1S/C11H14N2O3S/c14-11(12-7-3-1-2-4-8-12)9-5-6-10(17-9)13(15)16/h5-6H,1-4,7-8H2. The van der Waals surface area contributed by atoms with Gasteiger partial charge in [-0.25, -0.2) is 0 Å². The lowest BCUT2D eigenvalue weighted by Crippen LogP contribution is -2.31. The van der Waals surface area contributed by atoms with Crippen LogP contribution in [0.1, 0.15) is 35.4 Å². The SMILES string of the molecule is O=C(c1ccc([N+](=O)[O-])s1)N1CCCCCC1. The highest BCUT2D eigenvalue weighted by Gasteiger charge is 2.21. The number of hydrogen-bond donors (Lipinski definition) is 0. The van der Waals surface area contributed by atoms with Crippen LogP contribution in [-0.4, -0.2) is 28.8 Å². The topological polar surface area (TPSA) is 63.4 Å². The minimum Gasteiger partial charge on any atom is -0.338 e. The van der Waals surface area contributed by atoms with Crippen molar-refractivity contribution in [2.45, 2.75) is 25.7 Å². The maximum Gasteiger partial charge on any atom is 0.324 e. The van der Waals surface area contributed by atoms with Gasteiger partial charge in [0.05, 0.1) is 9.80 Å². The first-order chi connectivity index (χ1) is 8.18. The van der Waals surface area contributed by atoms with Crippen molar-refractivity contribution >= 4 is 22.2 Å². The molecule has 1 aromatic heterocycles. The van der Waals surface area contributed by atoms with E-state index in [0.717, 1.165) is 50.1 Å². The van der Waals surface area contributed by atoms with Crippen LogP contribution in [0.5, 0.6) is 0 Å². The molecule has 0 spiro atoms. The van der Waals surface area contributed by atoms with Gasteiger partial charge in [0.2, 0.25) is 0 Å². The zero-order valence-corrected chi connectivity index (χ0v) is 10.2. The molecule has 1 amide bonds. The Morgan fingerprint density at radius 1 is 1.24 bits per heavy atom. The molecule has 0 aromatic carbocycles. The molecule has 0 radical (unpaired) electrons. The van der Waals surface area contributed by atoms with E-state index in [0.29, 0.717) is 4.88 Å². The van der Waals surface area contributed by atoms with Gasteiger partial charge in [-0.05, 0) is 18.9 Å². The monoisotopic (exact) mass is 254 g/mol. The lowest BCUT2D eigenvalue weighted by Gasteiger charge is -2.18. The van der Waals surface area contributed by atoms with Gasteiger partial charge < -0.3 is 4.90 Å². The van der Waals surface area contributed by atoms with Crippen molar-refractivity contribution in [3.8, 4) is 0 Å². The average molecular weight is 254 g/mol. The van der Waals surface area contributed by atoms with E-state index in [1.165, 1.54) is 6.07 Å². The molecule has 1 saturated heterocycles. The molecule has 6 heteroatoms. The summed E-state index contributed by atoms with van der Waals surface area (Å²) in [5, 5.41) is 10.6. The summed E-state index contributed by atoms with van der Waals surface area (Å²) in [5.74, 6) is -0.0648. The van der Waals surface area contributed by atoms with Crippen molar-refractivity contribution in [2.24, 2.45) is 0 Å². The van der Waals surface area contributed by atoms with Gasteiger partial charge in [0.1, 0.15) is 0 Å². The van der Waals surface area contributed by atoms with E-state index in [9.17, 15) is 14.9 Å². The summed E-state index contributed by atoms with van der Waals surface area (Å²) in [5.41, 5.74) is 0. The van der Waals surface area contributed by atoms with Crippen molar-refractivity contribution in [1.29, 1.82) is 0 Å². The van der Waals surface area contributed by atoms with Gasteiger partial charge in [0.25, 0.3) is 5.91 Å². The summed E-state index contributed by atoms with van der Waals surface area (Å²) < 4.78 is 0. The number of hydrogen-bond acceptors (Lipinski definition) is 4. The first-order valence-corrected chi connectivity index (χ1v) is 6.53. The van der Waals surface area contributed by atoms with Crippen molar-refractivity contribution in [1.82, 2.24) is 4.90 Å². The van der Waals surface area contributed by atoms with Gasteiger partial charge in [0.15, 0.2) is 0 Å². The van der Waals surface area contributed by atoms with Crippen LogP contribution in [0, 0.1) is 10.1 Å². The minimum absolute atomic E-state index is 0.0307. The summed E-state index contributed by atoms with van der Waals surface area (Å²) in [6.45, 7) is 1.54. The second-order valence-corrected chi connectivity index (χ2v) is 5.16. The molecular formula is C11H14N2O3S. The van der Waals surface area contributed by atoms with E-state index >= 15 is 0 Å². The third-order valence-corrected chi connectivity index (χ3v) is 3.90. The number of likely N-dealkylation sites (tertiary alicyclic amines) is 1. The van der Waals surface area contributed by atoms with Crippen molar-refractivity contribution < 1.29 is 9.72 Å². The lowest BCUT2D eigenvalue weighted by molar-refractivity contribution is -0.380. The van der Waals surface area contributed by atoms with Gasteiger partial charge in [-0.1, -0.05) is 24.2 Å². The van der Waals surface area contributed by atoms with Crippen LogP contribution >= 0.6 is 11.3 Å². The van der Waals surface area contributed by atoms with E-state index in [-0.39, 0.29) is 10.9 Å². The highest BCUT2D eigenvalue weighted by atomic mass is 32.1. The molecule has 1 aliphatic heterocycles. The molecular weight excluding hydrogens is 240 g/mol. The summed E-state index contributed by atoms with van der Waals surface area (Å²) >= 11 is 0.959. The number of rotatable bonds is 2. The number of carbonyl (C=O) groups is 1. The first kappa shape index (κ1) is 12.0. The Kier molecular flexibility index (Phi) is 3.73. The Bertz CT molecular complexity index is 422. The van der Waals surface area contributed by atoms with Crippen LogP contribution < -0.4 is 0 Å². The van der Waals surface area contributed by atoms with Crippen LogP contribution in [0.25, 0.3) is 0 Å². The van der Waals surface area contributed by atoms with Crippen LogP contribution in [0.4, 0.5) is 5.00 Å². The van der Waals surface area contributed by atoms with Gasteiger partial charge >= 0.3 is 5.00 Å². The highest BCUT2D eigenvalue weighted by Crippen LogP contribution is 2.25. The Morgan fingerprint density at radius 2 is 1.88 bits per heavy atom. The Balaban J connectivity index is 2.09. The molecule has 2 rings (SSSR count). The number of thiophene rings is 1. The van der Waals surface area contributed by atoms with Gasteiger partial charge in [-0.3, -0.25) is 14.9 Å². The molecule has 2 heterocycles. The van der Waals surface area contributed by atoms with E-state index in [2.05, 4.69) is 0 Å². The molecule has 1 fully saturated rings. The molecule has 0 aliphatic carbocycles. The first-order valence-electron chi connectivity index (χ1n) is 5.72. The summed E-state index contributed by atoms with van der Waals surface area (Å²) in [4.78, 5) is 24.5. The predicted octanol–water partition coefficient (Wildman–Crippen LogP) is 2.67. The molecule has 92 valence electrons. The molecule has 0 N–H and O–H groups in total. The number of carbonyl (C=O) groups excluding carboxylic acids is 1. The number of amides is 1. The molecule has 1 aromatic rings.